The van der Waals surface area contributed by atoms with Gasteiger partial charge in [-0.05, 0) is 52.9 Å². The van der Waals surface area contributed by atoms with Crippen molar-refractivity contribution in [2.75, 3.05) is 11.5 Å². The Hall–Kier alpha value is -3.22. The molecule has 0 radical (unpaired) electrons. The number of rotatable bonds is 9. The van der Waals surface area contributed by atoms with Crippen LogP contribution in [0.5, 0.6) is 0 Å². The van der Waals surface area contributed by atoms with E-state index in [4.69, 9.17) is 11.5 Å². The fourth-order valence-corrected chi connectivity index (χ4v) is 6.09. The van der Waals surface area contributed by atoms with E-state index in [0.717, 1.165) is 40.0 Å². The molecular weight excluding hydrogens is 675 g/mol. The van der Waals surface area contributed by atoms with Gasteiger partial charge in [0.25, 0.3) is 0 Å². The van der Waals surface area contributed by atoms with Crippen molar-refractivity contribution in [1.82, 2.24) is 0 Å². The van der Waals surface area contributed by atoms with Gasteiger partial charge in [-0.15, -0.1) is 10.2 Å². The number of fused-ring (bicyclic) bond motifs is 2. The number of hydrogen-bond donors (Lipinski definition) is 2. The smallest absolute Gasteiger partial charge is 0.744 e. The maximum absolute atomic E-state index is 11.9. The van der Waals surface area contributed by atoms with Crippen LogP contribution < -0.4 is 75.8 Å². The number of nitrogens with two attached hydrogens (primary N) is 2. The second-order valence-electron chi connectivity index (χ2n) is 9.87. The minimum Gasteiger partial charge on any atom is -0.744 e. The van der Waals surface area contributed by atoms with Crippen LogP contribution >= 0.6 is 12.0 Å². The topological polar surface area (TPSA) is 200 Å². The van der Waals surface area contributed by atoms with Gasteiger partial charge in [0.2, 0.25) is 0 Å². The third-order valence-corrected chi connectivity index (χ3v) is 8.61. The molecule has 0 unspecified atom stereocenters. The number of hydrogen-bond acceptors (Lipinski definition) is 13. The number of anilines is 2. The molecule has 0 heterocycles. The van der Waals surface area contributed by atoms with Crippen LogP contribution in [0.1, 0.15) is 0 Å². The zero-order valence-electron chi connectivity index (χ0n) is 25.6. The summed E-state index contributed by atoms with van der Waals surface area (Å²) in [5.41, 5.74) is 16.6. The molecule has 0 atom stereocenters. The SMILES string of the molecule is Nc1c(N=Nc2ccc(-c3ccc(N=Nc4cc(S(=O)(=O)[O-])c5ccccc5c4N)cc3)cc2)cc(SOO[O-])c2ccccc12.[Na+].[Na+]. The van der Waals surface area contributed by atoms with Crippen LogP contribution in [0.15, 0.2) is 139 Å². The average Bonchev–Trinajstić information content (AvgIpc) is 3.07. The van der Waals surface area contributed by atoms with E-state index in [1.807, 2.05) is 48.5 Å². The zero-order valence-corrected chi connectivity index (χ0v) is 31.2. The minimum absolute atomic E-state index is 0. The third kappa shape index (κ3) is 8.31. The van der Waals surface area contributed by atoms with Gasteiger partial charge in [0.1, 0.15) is 21.5 Å². The monoisotopic (exact) mass is 696 g/mol. The van der Waals surface area contributed by atoms with Crippen LogP contribution in [0.3, 0.4) is 0 Å². The predicted molar refractivity (Wildman–Crippen MR) is 173 cm³/mol. The molecule has 6 aromatic carbocycles. The zero-order chi connectivity index (χ0) is 32.3. The first kappa shape index (κ1) is 37.6. The van der Waals surface area contributed by atoms with Gasteiger partial charge in [0, 0.05) is 21.1 Å². The Bertz CT molecular complexity index is 2260. The summed E-state index contributed by atoms with van der Waals surface area (Å²) in [7, 11) is -4.77. The van der Waals surface area contributed by atoms with Gasteiger partial charge in [0.15, 0.2) is 0 Å². The number of benzene rings is 6. The largest absolute Gasteiger partial charge is 1.00 e. The van der Waals surface area contributed by atoms with Crippen molar-refractivity contribution >= 4 is 77.8 Å². The van der Waals surface area contributed by atoms with Gasteiger partial charge < -0.3 is 21.3 Å². The molecule has 0 aliphatic carbocycles. The second kappa shape index (κ2) is 16.5. The van der Waals surface area contributed by atoms with Crippen LogP contribution in [0.4, 0.5) is 34.1 Å². The average molecular weight is 697 g/mol. The van der Waals surface area contributed by atoms with Gasteiger partial charge in [-0.2, -0.15) is 14.6 Å². The first-order valence-corrected chi connectivity index (χ1v) is 15.6. The van der Waals surface area contributed by atoms with Gasteiger partial charge >= 0.3 is 59.1 Å². The Morgan fingerprint density at radius 1 is 0.604 bits per heavy atom. The van der Waals surface area contributed by atoms with E-state index in [9.17, 15) is 18.2 Å². The Morgan fingerprint density at radius 3 is 1.52 bits per heavy atom. The maximum Gasteiger partial charge on any atom is 1.00 e. The predicted octanol–water partition coefficient (Wildman–Crippen LogP) is 1.80. The van der Waals surface area contributed by atoms with Gasteiger partial charge in [0.05, 0.1) is 39.7 Å². The molecule has 0 fully saturated rings. The molecule has 16 heteroatoms. The molecule has 4 N–H and O–H groups in total. The van der Waals surface area contributed by atoms with Crippen LogP contribution in [-0.2, 0) is 19.5 Å². The fourth-order valence-electron chi connectivity index (χ4n) is 4.86. The summed E-state index contributed by atoms with van der Waals surface area (Å²) < 4.78 is 40.1. The van der Waals surface area contributed by atoms with E-state index >= 15 is 0 Å². The molecule has 6 rings (SSSR count). The Balaban J connectivity index is 0.00000260. The van der Waals surface area contributed by atoms with Crippen molar-refractivity contribution in [3.63, 3.8) is 0 Å². The molecule has 230 valence electrons. The number of azo groups is 2. The maximum atomic E-state index is 11.9. The molecule has 48 heavy (non-hydrogen) atoms. The quantitative estimate of drug-likeness (QED) is 0.0430. The van der Waals surface area contributed by atoms with E-state index in [0.29, 0.717) is 33.0 Å². The van der Waals surface area contributed by atoms with Crippen LogP contribution in [-0.4, -0.2) is 13.0 Å². The minimum atomic E-state index is -4.77. The molecule has 0 bridgehead atoms. The molecule has 0 aliphatic heterocycles. The summed E-state index contributed by atoms with van der Waals surface area (Å²) in [5, 5.41) is 33.0. The summed E-state index contributed by atoms with van der Waals surface area (Å²) in [5.74, 6) is 0. The van der Waals surface area contributed by atoms with E-state index in [1.54, 1.807) is 48.5 Å². The van der Waals surface area contributed by atoms with E-state index in [1.165, 1.54) is 6.07 Å². The Morgan fingerprint density at radius 2 is 1.04 bits per heavy atom. The summed E-state index contributed by atoms with van der Waals surface area (Å²) >= 11 is 0.756. The summed E-state index contributed by atoms with van der Waals surface area (Å²) in [6, 6.07) is 31.2. The molecule has 0 saturated heterocycles. The van der Waals surface area contributed by atoms with E-state index in [2.05, 4.69) is 29.8 Å². The second-order valence-corrected chi connectivity index (χ2v) is 12.0. The van der Waals surface area contributed by atoms with Crippen LogP contribution in [0, 0.1) is 0 Å². The van der Waals surface area contributed by atoms with E-state index in [-0.39, 0.29) is 75.9 Å². The summed E-state index contributed by atoms with van der Waals surface area (Å²) in [6.45, 7) is 0. The molecule has 6 aromatic rings. The first-order valence-electron chi connectivity index (χ1n) is 13.5. The molecule has 0 aromatic heterocycles. The standard InChI is InChI=1S/C32H24N6O6S2.2Na/c33-31-25-7-3-1-5-23(25)29(45-44-43-39)17-27(31)37-35-21-13-9-19(10-14-21)20-11-15-22(16-12-20)36-38-28-18-30(46(40,41)42)24-6-2-4-8-26(24)32(28)34;;/h1-18,39H,33-34H2,(H,40,41,42);;/q;2*+1/p-2. The molecule has 12 nitrogen and oxygen atoms in total. The molecule has 0 aliphatic rings. The van der Waals surface area contributed by atoms with Crippen molar-refractivity contribution in [1.29, 1.82) is 0 Å². The van der Waals surface area contributed by atoms with Crippen molar-refractivity contribution in [2.45, 2.75) is 9.79 Å². The normalized spacial score (nSPS) is 11.6. The number of nitrogen functional groups attached to an aromatic ring is 2. The third-order valence-electron chi connectivity index (χ3n) is 7.09. The van der Waals surface area contributed by atoms with E-state index < -0.39 is 15.0 Å². The first-order chi connectivity index (χ1) is 22.2. The van der Waals surface area contributed by atoms with Crippen molar-refractivity contribution in [3.05, 3.63) is 109 Å². The summed E-state index contributed by atoms with van der Waals surface area (Å²) in [6.07, 6.45) is 0. The Labute approximate surface area is 323 Å². The van der Waals surface area contributed by atoms with Crippen molar-refractivity contribution < 1.29 is 86.7 Å². The molecule has 0 saturated carbocycles. The van der Waals surface area contributed by atoms with Gasteiger partial charge in [-0.25, -0.2) is 8.42 Å². The van der Waals surface area contributed by atoms with Gasteiger partial charge in [-0.1, -0.05) is 72.8 Å². The van der Waals surface area contributed by atoms with Crippen molar-refractivity contribution in [3.8, 4) is 11.1 Å². The molecule has 0 amide bonds. The van der Waals surface area contributed by atoms with Crippen LogP contribution in [0.2, 0.25) is 0 Å². The Kier molecular flexibility index (Phi) is 12.9. The summed E-state index contributed by atoms with van der Waals surface area (Å²) in [4.78, 5) is 0.184. The van der Waals surface area contributed by atoms with Crippen molar-refractivity contribution in [2.24, 2.45) is 20.5 Å². The fraction of sp³-hybridized carbons (Fsp3) is 0. The van der Waals surface area contributed by atoms with Gasteiger partial charge in [-0.3, -0.25) is 5.04 Å². The number of nitrogens with zero attached hydrogens (tertiary/aromatic N) is 4. The molecular formula is C32H22N6Na2O6S2. The molecule has 0 spiro atoms. The van der Waals surface area contributed by atoms with Crippen LogP contribution in [0.25, 0.3) is 32.7 Å².